The fraction of sp³-hybridized carbons (Fsp3) is 0.429. The lowest BCUT2D eigenvalue weighted by molar-refractivity contribution is 0.0901. The van der Waals surface area contributed by atoms with E-state index in [1.165, 1.54) is 23.9 Å². The number of amides is 1. The second-order valence-electron chi connectivity index (χ2n) is 8.19. The first kappa shape index (κ1) is 21.0. The van der Waals surface area contributed by atoms with Crippen LogP contribution in [0.5, 0.6) is 5.88 Å². The summed E-state index contributed by atoms with van der Waals surface area (Å²) >= 11 is 0. The molecule has 1 atom stereocenters. The third-order valence-electron chi connectivity index (χ3n) is 5.33. The van der Waals surface area contributed by atoms with Crippen LogP contribution in [0, 0.1) is 5.82 Å². The fourth-order valence-electron chi connectivity index (χ4n) is 3.80. The molecule has 1 aliphatic rings. The second kappa shape index (κ2) is 8.09. The van der Waals surface area contributed by atoms with Crippen LogP contribution in [0.4, 0.5) is 14.6 Å². The van der Waals surface area contributed by atoms with Gasteiger partial charge in [0.15, 0.2) is 5.65 Å². The molecule has 1 saturated heterocycles. The Morgan fingerprint density at radius 1 is 1.39 bits per heavy atom. The van der Waals surface area contributed by atoms with Gasteiger partial charge in [0.1, 0.15) is 23.9 Å². The van der Waals surface area contributed by atoms with E-state index in [1.807, 2.05) is 4.90 Å². The number of alkyl halides is 1. The number of halogens is 2. The van der Waals surface area contributed by atoms with Gasteiger partial charge in [-0.25, -0.2) is 23.3 Å². The molecule has 0 aliphatic carbocycles. The number of hydrogen-bond acceptors (Lipinski definition) is 6. The van der Waals surface area contributed by atoms with Crippen LogP contribution >= 0.6 is 0 Å². The monoisotopic (exact) mass is 430 g/mol. The molecule has 0 saturated carbocycles. The first-order valence-corrected chi connectivity index (χ1v) is 10.0. The minimum absolute atomic E-state index is 0.168. The maximum atomic E-state index is 13.9. The van der Waals surface area contributed by atoms with Crippen LogP contribution in [-0.4, -0.2) is 51.4 Å². The Bertz CT molecular complexity index is 1120. The van der Waals surface area contributed by atoms with E-state index in [0.29, 0.717) is 29.5 Å². The lowest BCUT2D eigenvalue weighted by Gasteiger charge is -2.27. The Morgan fingerprint density at radius 2 is 2.19 bits per heavy atom. The third kappa shape index (κ3) is 4.01. The molecule has 0 radical (unpaired) electrons. The molecule has 3 aromatic heterocycles. The maximum absolute atomic E-state index is 13.9. The predicted molar refractivity (Wildman–Crippen MR) is 111 cm³/mol. The zero-order valence-corrected chi connectivity index (χ0v) is 17.6. The van der Waals surface area contributed by atoms with E-state index in [0.717, 1.165) is 19.0 Å². The van der Waals surface area contributed by atoms with E-state index in [1.54, 1.807) is 26.1 Å². The number of fused-ring (bicyclic) bond motifs is 1. The van der Waals surface area contributed by atoms with Crippen molar-refractivity contribution in [3.05, 3.63) is 47.7 Å². The molecule has 4 rings (SSSR count). The van der Waals surface area contributed by atoms with E-state index >= 15 is 0 Å². The molecular weight excluding hydrogens is 406 g/mol. The number of ether oxygens (including phenoxy) is 1. The van der Waals surface area contributed by atoms with Gasteiger partial charge in [0.05, 0.1) is 31.1 Å². The molecule has 4 heterocycles. The molecule has 1 fully saturated rings. The highest BCUT2D eigenvalue weighted by atomic mass is 19.1. The van der Waals surface area contributed by atoms with E-state index in [9.17, 15) is 13.6 Å². The van der Waals surface area contributed by atoms with E-state index in [2.05, 4.69) is 20.4 Å². The van der Waals surface area contributed by atoms with Crippen molar-refractivity contribution in [2.24, 2.45) is 0 Å². The molecule has 10 heteroatoms. The molecule has 3 aromatic rings. The quantitative estimate of drug-likeness (QED) is 0.647. The Balaban J connectivity index is 1.70. The van der Waals surface area contributed by atoms with Crippen LogP contribution in [0.2, 0.25) is 0 Å². The maximum Gasteiger partial charge on any atom is 0.257 e. The average molecular weight is 430 g/mol. The largest absolute Gasteiger partial charge is 0.481 e. The molecule has 164 valence electrons. The zero-order chi connectivity index (χ0) is 22.2. The number of nitrogens with one attached hydrogen (secondary N) is 1. The van der Waals surface area contributed by atoms with Crippen LogP contribution in [0.3, 0.4) is 0 Å². The van der Waals surface area contributed by atoms with Gasteiger partial charge in [-0.2, -0.15) is 5.10 Å². The van der Waals surface area contributed by atoms with E-state index in [-0.39, 0.29) is 11.6 Å². The average Bonchev–Trinajstić information content (AvgIpc) is 3.40. The zero-order valence-electron chi connectivity index (χ0n) is 17.6. The highest BCUT2D eigenvalue weighted by molar-refractivity contribution is 6.00. The fourth-order valence-corrected chi connectivity index (χ4v) is 3.80. The number of pyridine rings is 1. The summed E-state index contributed by atoms with van der Waals surface area (Å²) < 4.78 is 33.9. The minimum Gasteiger partial charge on any atom is -0.481 e. The molecular formula is C21H24F2N6O2. The summed E-state index contributed by atoms with van der Waals surface area (Å²) in [4.78, 5) is 23.4. The summed E-state index contributed by atoms with van der Waals surface area (Å²) in [6.45, 7) is 3.21. The number of rotatable bonds is 6. The van der Waals surface area contributed by atoms with Crippen molar-refractivity contribution in [3.8, 4) is 5.88 Å². The number of anilines is 1. The Kier molecular flexibility index (Phi) is 5.47. The van der Waals surface area contributed by atoms with Crippen molar-refractivity contribution < 1.29 is 18.3 Å². The number of methoxy groups -OCH3 is 1. The lowest BCUT2D eigenvalue weighted by Crippen LogP contribution is -2.45. The first-order valence-electron chi connectivity index (χ1n) is 10.0. The Hall–Kier alpha value is -3.30. The highest BCUT2D eigenvalue weighted by Crippen LogP contribution is 2.38. The van der Waals surface area contributed by atoms with Gasteiger partial charge in [-0.1, -0.05) is 0 Å². The standard InChI is InChI=1S/C21H24F2N6O2/c1-21(2,12-22)27-19(30)15-11-25-29-8-6-17(26-18(15)29)28-7-4-5-16(28)14-9-13(23)10-24-20(14)31-3/h6,8-11,16H,4-5,7,12H2,1-3H3,(H,27,30)/t16-/m1/s1. The molecule has 8 nitrogen and oxygen atoms in total. The molecule has 1 amide bonds. The molecule has 0 unspecified atom stereocenters. The molecule has 0 spiro atoms. The summed E-state index contributed by atoms with van der Waals surface area (Å²) in [6, 6.07) is 3.06. The summed E-state index contributed by atoms with van der Waals surface area (Å²) in [5, 5.41) is 6.84. The van der Waals surface area contributed by atoms with E-state index in [4.69, 9.17) is 4.74 Å². The lowest BCUT2D eigenvalue weighted by atomic mass is 10.1. The van der Waals surface area contributed by atoms with Crippen molar-refractivity contribution in [2.75, 3.05) is 25.2 Å². The van der Waals surface area contributed by atoms with Crippen molar-refractivity contribution in [2.45, 2.75) is 38.3 Å². The first-order chi connectivity index (χ1) is 14.8. The molecule has 1 aliphatic heterocycles. The molecule has 0 bridgehead atoms. The topological polar surface area (TPSA) is 84.6 Å². The van der Waals surface area contributed by atoms with Crippen LogP contribution in [0.25, 0.3) is 5.65 Å². The van der Waals surface area contributed by atoms with Gasteiger partial charge < -0.3 is 15.0 Å². The number of nitrogens with zero attached hydrogens (tertiary/aromatic N) is 5. The van der Waals surface area contributed by atoms with Gasteiger partial charge in [-0.15, -0.1) is 0 Å². The predicted octanol–water partition coefficient (Wildman–Crippen LogP) is 3.09. The van der Waals surface area contributed by atoms with Crippen LogP contribution in [0.15, 0.2) is 30.7 Å². The van der Waals surface area contributed by atoms with Gasteiger partial charge in [0.2, 0.25) is 5.88 Å². The number of hydrogen-bond donors (Lipinski definition) is 1. The van der Waals surface area contributed by atoms with Gasteiger partial charge in [-0.3, -0.25) is 4.79 Å². The number of carbonyl (C=O) groups excluding carboxylic acids is 1. The van der Waals surface area contributed by atoms with Crippen LogP contribution in [-0.2, 0) is 0 Å². The van der Waals surface area contributed by atoms with Gasteiger partial charge >= 0.3 is 0 Å². The molecule has 0 aromatic carbocycles. The normalized spacial score (nSPS) is 16.7. The summed E-state index contributed by atoms with van der Waals surface area (Å²) in [7, 11) is 1.50. The van der Waals surface area contributed by atoms with Crippen LogP contribution in [0.1, 0.15) is 48.7 Å². The SMILES string of the molecule is COc1ncc(F)cc1[C@H]1CCCN1c1ccn2ncc(C(=O)NC(C)(C)CF)c2n1. The second-order valence-corrected chi connectivity index (χ2v) is 8.19. The van der Waals surface area contributed by atoms with Crippen molar-refractivity contribution in [1.29, 1.82) is 0 Å². The van der Waals surface area contributed by atoms with Gasteiger partial charge in [-0.05, 0) is 38.8 Å². The Labute approximate surface area is 178 Å². The smallest absolute Gasteiger partial charge is 0.257 e. The van der Waals surface area contributed by atoms with Gasteiger partial charge in [0.25, 0.3) is 5.91 Å². The minimum atomic E-state index is -0.996. The van der Waals surface area contributed by atoms with Crippen LogP contribution < -0.4 is 15.0 Å². The summed E-state index contributed by atoms with van der Waals surface area (Å²) in [5.41, 5.74) is 0.269. The summed E-state index contributed by atoms with van der Waals surface area (Å²) in [5.74, 6) is 0.116. The van der Waals surface area contributed by atoms with Crippen molar-refractivity contribution in [1.82, 2.24) is 24.9 Å². The Morgan fingerprint density at radius 3 is 2.94 bits per heavy atom. The van der Waals surface area contributed by atoms with Crippen molar-refractivity contribution in [3.63, 3.8) is 0 Å². The third-order valence-corrected chi connectivity index (χ3v) is 5.33. The summed E-state index contributed by atoms with van der Waals surface area (Å²) in [6.07, 6.45) is 5.92. The molecule has 1 N–H and O–H groups in total. The van der Waals surface area contributed by atoms with Crippen molar-refractivity contribution >= 4 is 17.4 Å². The van der Waals surface area contributed by atoms with Gasteiger partial charge in [0, 0.05) is 18.3 Å². The molecule has 31 heavy (non-hydrogen) atoms. The number of carbonyl (C=O) groups is 1. The highest BCUT2D eigenvalue weighted by Gasteiger charge is 2.31. The van der Waals surface area contributed by atoms with E-state index < -0.39 is 23.9 Å². The number of aromatic nitrogens is 4.